The third-order valence-electron chi connectivity index (χ3n) is 3.70. The molecule has 1 unspecified atom stereocenters. The first kappa shape index (κ1) is 15.9. The van der Waals surface area contributed by atoms with Crippen LogP contribution in [0.3, 0.4) is 0 Å². The average molecular weight is 301 g/mol. The van der Waals surface area contributed by atoms with Gasteiger partial charge in [0.1, 0.15) is 5.75 Å². The van der Waals surface area contributed by atoms with Crippen LogP contribution in [-0.2, 0) is 5.75 Å². The van der Waals surface area contributed by atoms with Gasteiger partial charge in [0.05, 0.1) is 7.11 Å². The number of methoxy groups -OCH3 is 1. The number of benzene rings is 2. The van der Waals surface area contributed by atoms with Crippen LogP contribution < -0.4 is 10.5 Å². The molecule has 0 aliphatic rings. The van der Waals surface area contributed by atoms with Crippen molar-refractivity contribution in [1.82, 2.24) is 0 Å². The van der Waals surface area contributed by atoms with Gasteiger partial charge in [0, 0.05) is 22.3 Å². The summed E-state index contributed by atoms with van der Waals surface area (Å²) in [5.74, 6) is 1.81. The van der Waals surface area contributed by atoms with Crippen LogP contribution in [0.25, 0.3) is 0 Å². The summed E-state index contributed by atoms with van der Waals surface area (Å²) in [4.78, 5) is 1.28. The van der Waals surface area contributed by atoms with Crippen LogP contribution in [0.15, 0.2) is 41.3 Å². The number of thioether (sulfide) groups is 1. The molecule has 2 aromatic rings. The molecule has 0 aliphatic heterocycles. The van der Waals surface area contributed by atoms with Crippen molar-refractivity contribution in [3.63, 3.8) is 0 Å². The van der Waals surface area contributed by atoms with E-state index >= 15 is 0 Å². The quantitative estimate of drug-likeness (QED) is 0.818. The van der Waals surface area contributed by atoms with Crippen molar-refractivity contribution in [2.75, 3.05) is 7.11 Å². The van der Waals surface area contributed by atoms with E-state index in [0.717, 1.165) is 17.1 Å². The van der Waals surface area contributed by atoms with Gasteiger partial charge >= 0.3 is 0 Å². The largest absolute Gasteiger partial charge is 0.496 e. The second kappa shape index (κ2) is 7.01. The minimum absolute atomic E-state index is 0.0428. The van der Waals surface area contributed by atoms with Crippen LogP contribution in [-0.4, -0.2) is 7.11 Å². The Morgan fingerprint density at radius 1 is 1.10 bits per heavy atom. The van der Waals surface area contributed by atoms with E-state index in [0.29, 0.717) is 0 Å². The molecule has 0 radical (unpaired) electrons. The molecule has 0 fully saturated rings. The zero-order valence-electron chi connectivity index (χ0n) is 13.1. The standard InChI is InChI=1S/C18H23NOS/c1-12-5-7-17(9-13(12)2)21-11-16-10-15(14(3)19)6-8-18(16)20-4/h5-10,14H,11,19H2,1-4H3. The highest BCUT2D eigenvalue weighted by molar-refractivity contribution is 7.98. The fraction of sp³-hybridized carbons (Fsp3) is 0.333. The minimum atomic E-state index is 0.0428. The molecule has 0 bridgehead atoms. The zero-order valence-corrected chi connectivity index (χ0v) is 14.0. The summed E-state index contributed by atoms with van der Waals surface area (Å²) in [6, 6.07) is 12.8. The predicted octanol–water partition coefficient (Wildman–Crippen LogP) is 4.62. The van der Waals surface area contributed by atoms with Gasteiger partial charge < -0.3 is 10.5 Å². The highest BCUT2D eigenvalue weighted by Gasteiger charge is 2.08. The smallest absolute Gasteiger partial charge is 0.122 e. The average Bonchev–Trinajstić information content (AvgIpc) is 2.48. The Morgan fingerprint density at radius 3 is 2.48 bits per heavy atom. The van der Waals surface area contributed by atoms with Crippen LogP contribution in [0.2, 0.25) is 0 Å². The van der Waals surface area contributed by atoms with Crippen molar-refractivity contribution < 1.29 is 4.74 Å². The highest BCUT2D eigenvalue weighted by Crippen LogP contribution is 2.30. The summed E-state index contributed by atoms with van der Waals surface area (Å²) >= 11 is 1.83. The molecule has 0 saturated carbocycles. The van der Waals surface area contributed by atoms with Gasteiger partial charge in [-0.3, -0.25) is 0 Å². The molecule has 3 heteroatoms. The molecule has 2 rings (SSSR count). The summed E-state index contributed by atoms with van der Waals surface area (Å²) in [6.45, 7) is 6.29. The lowest BCUT2D eigenvalue weighted by Crippen LogP contribution is -2.05. The van der Waals surface area contributed by atoms with Gasteiger partial charge in [-0.2, -0.15) is 0 Å². The molecule has 1 atom stereocenters. The zero-order chi connectivity index (χ0) is 15.4. The Bertz CT molecular complexity index is 623. The first-order chi connectivity index (χ1) is 10.0. The molecule has 21 heavy (non-hydrogen) atoms. The van der Waals surface area contributed by atoms with E-state index in [1.165, 1.54) is 21.6 Å². The van der Waals surface area contributed by atoms with E-state index in [1.807, 2.05) is 30.8 Å². The van der Waals surface area contributed by atoms with E-state index < -0.39 is 0 Å². The Hall–Kier alpha value is -1.45. The fourth-order valence-electron chi connectivity index (χ4n) is 2.16. The second-order valence-electron chi connectivity index (χ2n) is 5.39. The molecule has 0 aliphatic carbocycles. The third kappa shape index (κ3) is 4.02. The lowest BCUT2D eigenvalue weighted by atomic mass is 10.1. The Labute approximate surface area is 131 Å². The molecule has 0 spiro atoms. The maximum Gasteiger partial charge on any atom is 0.122 e. The van der Waals surface area contributed by atoms with E-state index in [2.05, 4.69) is 38.1 Å². The molecule has 0 aromatic heterocycles. The van der Waals surface area contributed by atoms with Crippen molar-refractivity contribution in [3.8, 4) is 5.75 Å². The van der Waals surface area contributed by atoms with Crippen molar-refractivity contribution >= 4 is 11.8 Å². The molecular formula is C18H23NOS. The third-order valence-corrected chi connectivity index (χ3v) is 4.75. The SMILES string of the molecule is COc1ccc(C(C)N)cc1CSc1ccc(C)c(C)c1. The van der Waals surface area contributed by atoms with Gasteiger partial charge in [-0.25, -0.2) is 0 Å². The second-order valence-corrected chi connectivity index (χ2v) is 6.44. The fourth-order valence-corrected chi connectivity index (χ4v) is 3.13. The van der Waals surface area contributed by atoms with Gasteiger partial charge in [-0.1, -0.05) is 12.1 Å². The summed E-state index contributed by atoms with van der Waals surface area (Å²) in [5, 5.41) is 0. The molecular weight excluding hydrogens is 278 g/mol. The number of hydrogen-bond donors (Lipinski definition) is 1. The maximum atomic E-state index is 5.97. The van der Waals surface area contributed by atoms with E-state index in [-0.39, 0.29) is 6.04 Å². The van der Waals surface area contributed by atoms with Crippen LogP contribution in [0.4, 0.5) is 0 Å². The summed E-state index contributed by atoms with van der Waals surface area (Å²) in [6.07, 6.45) is 0. The number of ether oxygens (including phenoxy) is 1. The van der Waals surface area contributed by atoms with Crippen molar-refractivity contribution in [1.29, 1.82) is 0 Å². The topological polar surface area (TPSA) is 35.2 Å². The Morgan fingerprint density at radius 2 is 1.86 bits per heavy atom. The van der Waals surface area contributed by atoms with Crippen LogP contribution in [0.1, 0.15) is 35.2 Å². The van der Waals surface area contributed by atoms with Crippen LogP contribution in [0, 0.1) is 13.8 Å². The van der Waals surface area contributed by atoms with Crippen molar-refractivity contribution in [3.05, 3.63) is 58.7 Å². The van der Waals surface area contributed by atoms with Gasteiger partial charge in [-0.05, 0) is 61.7 Å². The monoisotopic (exact) mass is 301 g/mol. The van der Waals surface area contributed by atoms with Gasteiger partial charge in [0.15, 0.2) is 0 Å². The van der Waals surface area contributed by atoms with Crippen LogP contribution in [0.5, 0.6) is 5.75 Å². The summed E-state index contributed by atoms with van der Waals surface area (Å²) in [7, 11) is 1.71. The minimum Gasteiger partial charge on any atom is -0.496 e. The Kier molecular flexibility index (Phi) is 5.32. The number of aryl methyl sites for hydroxylation is 2. The van der Waals surface area contributed by atoms with Crippen LogP contribution >= 0.6 is 11.8 Å². The molecule has 0 amide bonds. The maximum absolute atomic E-state index is 5.97. The van der Waals surface area contributed by atoms with Crippen molar-refractivity contribution in [2.45, 2.75) is 37.5 Å². The highest BCUT2D eigenvalue weighted by atomic mass is 32.2. The molecule has 0 heterocycles. The normalized spacial score (nSPS) is 12.2. The Balaban J connectivity index is 2.17. The predicted molar refractivity (Wildman–Crippen MR) is 91.1 cm³/mol. The van der Waals surface area contributed by atoms with Crippen molar-refractivity contribution in [2.24, 2.45) is 5.73 Å². The van der Waals surface area contributed by atoms with Gasteiger partial charge in [-0.15, -0.1) is 11.8 Å². The number of rotatable bonds is 5. The number of nitrogens with two attached hydrogens (primary N) is 1. The molecule has 2 nitrogen and oxygen atoms in total. The summed E-state index contributed by atoms with van der Waals surface area (Å²) in [5.41, 5.74) is 11.0. The number of hydrogen-bond acceptors (Lipinski definition) is 3. The lowest BCUT2D eigenvalue weighted by molar-refractivity contribution is 0.411. The first-order valence-corrected chi connectivity index (χ1v) is 8.12. The lowest BCUT2D eigenvalue weighted by Gasteiger charge is -2.13. The van der Waals surface area contributed by atoms with E-state index in [4.69, 9.17) is 10.5 Å². The molecule has 0 saturated heterocycles. The molecule has 2 N–H and O–H groups in total. The molecule has 2 aromatic carbocycles. The van der Waals surface area contributed by atoms with E-state index in [1.54, 1.807) is 7.11 Å². The van der Waals surface area contributed by atoms with Gasteiger partial charge in [0.25, 0.3) is 0 Å². The molecule has 112 valence electrons. The first-order valence-electron chi connectivity index (χ1n) is 7.13. The summed E-state index contributed by atoms with van der Waals surface area (Å²) < 4.78 is 5.46. The van der Waals surface area contributed by atoms with E-state index in [9.17, 15) is 0 Å². The van der Waals surface area contributed by atoms with Gasteiger partial charge in [0.2, 0.25) is 0 Å².